The third-order valence-corrected chi connectivity index (χ3v) is 4.38. The van der Waals surface area contributed by atoms with Crippen molar-refractivity contribution >= 4 is 39.2 Å². The molecule has 0 atom stereocenters. The van der Waals surface area contributed by atoms with E-state index in [9.17, 15) is 4.79 Å². The molecule has 144 valence electrons. The number of hydrogen-bond acceptors (Lipinski definition) is 6. The van der Waals surface area contributed by atoms with Crippen LogP contribution in [0.5, 0.6) is 0 Å². The number of aromatic amines is 1. The van der Waals surface area contributed by atoms with E-state index >= 15 is 0 Å². The van der Waals surface area contributed by atoms with Gasteiger partial charge in [-0.2, -0.15) is 5.10 Å². The predicted molar refractivity (Wildman–Crippen MR) is 114 cm³/mol. The maximum atomic E-state index is 12.7. The van der Waals surface area contributed by atoms with Gasteiger partial charge in [0.15, 0.2) is 0 Å². The summed E-state index contributed by atoms with van der Waals surface area (Å²) >= 11 is 0. The Morgan fingerprint density at radius 3 is 2.86 bits per heavy atom. The largest absolute Gasteiger partial charge is 0.385 e. The van der Waals surface area contributed by atoms with Crippen molar-refractivity contribution in [2.45, 2.75) is 6.92 Å². The highest BCUT2D eigenvalue weighted by Gasteiger charge is 2.12. The van der Waals surface area contributed by atoms with Crippen molar-refractivity contribution < 1.29 is 4.79 Å². The van der Waals surface area contributed by atoms with E-state index in [0.29, 0.717) is 11.5 Å². The minimum absolute atomic E-state index is 0.268. The number of anilines is 1. The number of amides is 1. The molecule has 0 saturated heterocycles. The smallest absolute Gasteiger partial charge is 0.273 e. The average molecular weight is 385 g/mol. The van der Waals surface area contributed by atoms with Gasteiger partial charge in [-0.3, -0.25) is 15.2 Å². The third kappa shape index (κ3) is 3.91. The summed E-state index contributed by atoms with van der Waals surface area (Å²) in [5.41, 5.74) is 11.8. The van der Waals surface area contributed by atoms with Gasteiger partial charge in [0.25, 0.3) is 5.91 Å². The Morgan fingerprint density at radius 1 is 1.17 bits per heavy atom. The molecule has 0 unspecified atom stereocenters. The molecule has 29 heavy (non-hydrogen) atoms. The zero-order valence-corrected chi connectivity index (χ0v) is 15.7. The van der Waals surface area contributed by atoms with E-state index in [-0.39, 0.29) is 11.7 Å². The molecule has 0 aliphatic rings. The number of rotatable bonds is 5. The molecule has 0 radical (unpaired) electrons. The maximum Gasteiger partial charge on any atom is 0.273 e. The van der Waals surface area contributed by atoms with Crippen molar-refractivity contribution in [3.63, 3.8) is 0 Å². The Hall–Kier alpha value is -4.20. The van der Waals surface area contributed by atoms with Gasteiger partial charge in [0.05, 0.1) is 11.2 Å². The van der Waals surface area contributed by atoms with Crippen LogP contribution in [0.1, 0.15) is 23.0 Å². The molecule has 0 saturated carbocycles. The Balaban J connectivity index is 1.57. The maximum absolute atomic E-state index is 12.7. The number of carbonyl (C=O) groups is 1. The van der Waals surface area contributed by atoms with Crippen molar-refractivity contribution in [2.24, 2.45) is 10.8 Å². The van der Waals surface area contributed by atoms with E-state index in [1.54, 1.807) is 30.6 Å². The molecule has 0 bridgehead atoms. The first-order valence-electron chi connectivity index (χ1n) is 8.89. The van der Waals surface area contributed by atoms with Gasteiger partial charge in [0.2, 0.25) is 0 Å². The van der Waals surface area contributed by atoms with E-state index in [1.807, 2.05) is 31.2 Å². The van der Waals surface area contributed by atoms with Crippen molar-refractivity contribution in [3.8, 4) is 0 Å². The molecule has 3 heterocycles. The zero-order chi connectivity index (χ0) is 20.4. The molecule has 4 rings (SSSR count). The van der Waals surface area contributed by atoms with Crippen LogP contribution in [0.25, 0.3) is 21.8 Å². The predicted octanol–water partition coefficient (Wildman–Crippen LogP) is 3.11. The van der Waals surface area contributed by atoms with Crippen LogP contribution in [-0.4, -0.2) is 26.6 Å². The quantitative estimate of drug-likeness (QED) is 0.311. The molecule has 0 aliphatic carbocycles. The summed E-state index contributed by atoms with van der Waals surface area (Å²) in [6, 6.07) is 13.0. The lowest BCUT2D eigenvalue weighted by molar-refractivity contribution is 0.102. The highest BCUT2D eigenvalue weighted by atomic mass is 16.1. The van der Waals surface area contributed by atoms with E-state index in [0.717, 1.165) is 33.1 Å². The topological polar surface area (TPSA) is 121 Å². The molecule has 1 amide bonds. The molecule has 0 spiro atoms. The molecule has 8 nitrogen and oxygen atoms in total. The van der Waals surface area contributed by atoms with E-state index in [4.69, 9.17) is 5.73 Å². The van der Waals surface area contributed by atoms with Gasteiger partial charge in [-0.05, 0) is 48.9 Å². The summed E-state index contributed by atoms with van der Waals surface area (Å²) in [4.78, 5) is 24.3. The number of H-pyrrole nitrogens is 1. The number of aromatic nitrogens is 3. The molecule has 8 heteroatoms. The van der Waals surface area contributed by atoms with Gasteiger partial charge in [0.1, 0.15) is 17.3 Å². The van der Waals surface area contributed by atoms with Gasteiger partial charge in [-0.25, -0.2) is 4.98 Å². The fourth-order valence-electron chi connectivity index (χ4n) is 2.92. The Morgan fingerprint density at radius 2 is 2.03 bits per heavy atom. The van der Waals surface area contributed by atoms with Crippen LogP contribution in [0.3, 0.4) is 0 Å². The summed E-state index contributed by atoms with van der Waals surface area (Å²) in [6.07, 6.45) is 3.40. The highest BCUT2D eigenvalue weighted by Crippen LogP contribution is 2.19. The first kappa shape index (κ1) is 18.2. The number of nitrogens with zero attached hydrogens (tertiary/aromatic N) is 3. The van der Waals surface area contributed by atoms with Gasteiger partial charge in [-0.15, -0.1) is 0 Å². The molecule has 0 aliphatic heterocycles. The monoisotopic (exact) mass is 385 g/mol. The normalized spacial score (nSPS) is 11.6. The summed E-state index contributed by atoms with van der Waals surface area (Å²) in [5, 5.41) is 8.79. The average Bonchev–Trinajstić information content (AvgIpc) is 3.15. The minimum atomic E-state index is -0.268. The van der Waals surface area contributed by atoms with Crippen LogP contribution in [-0.2, 0) is 0 Å². The van der Waals surface area contributed by atoms with Crippen LogP contribution < -0.4 is 16.5 Å². The Kier molecular flexibility index (Phi) is 4.66. The van der Waals surface area contributed by atoms with Crippen LogP contribution >= 0.6 is 0 Å². The third-order valence-electron chi connectivity index (χ3n) is 4.38. The lowest BCUT2D eigenvalue weighted by atomic mass is 10.1. The second-order valence-corrected chi connectivity index (χ2v) is 6.54. The van der Waals surface area contributed by atoms with Crippen LogP contribution in [0.2, 0.25) is 0 Å². The lowest BCUT2D eigenvalue weighted by Crippen LogP contribution is -2.14. The summed E-state index contributed by atoms with van der Waals surface area (Å²) in [6.45, 7) is 5.41. The number of carbonyl (C=O) groups excluding carboxylic acids is 1. The number of hydrazone groups is 1. The van der Waals surface area contributed by atoms with Crippen molar-refractivity contribution in [3.05, 3.63) is 78.5 Å². The minimum Gasteiger partial charge on any atom is -0.385 e. The molecule has 5 N–H and O–H groups in total. The van der Waals surface area contributed by atoms with E-state index < -0.39 is 0 Å². The van der Waals surface area contributed by atoms with Crippen LogP contribution in [0.4, 0.5) is 5.82 Å². The Labute approximate surface area is 166 Å². The SMILES string of the molecule is C=C(N)N/N=C(\C)c1ccc2[nH]c(C(=O)Nc3ccc4cnccc4n3)cc2c1. The molecule has 1 aromatic carbocycles. The summed E-state index contributed by atoms with van der Waals surface area (Å²) < 4.78 is 0. The fraction of sp³-hybridized carbons (Fsp3) is 0.0476. The second-order valence-electron chi connectivity index (χ2n) is 6.54. The van der Waals surface area contributed by atoms with Crippen molar-refractivity contribution in [1.29, 1.82) is 0 Å². The number of hydrogen-bond donors (Lipinski definition) is 4. The molecule has 0 fully saturated rings. The number of benzene rings is 1. The summed E-state index contributed by atoms with van der Waals surface area (Å²) in [7, 11) is 0. The Bertz CT molecular complexity index is 1270. The zero-order valence-electron chi connectivity index (χ0n) is 15.7. The lowest BCUT2D eigenvalue weighted by Gasteiger charge is -2.04. The van der Waals surface area contributed by atoms with Gasteiger partial charge in [-0.1, -0.05) is 12.6 Å². The standard InChI is InChI=1S/C21H19N7O/c1-12(27-28-13(2)22)14-3-5-17-16(9-14)10-19(24-17)21(29)26-20-6-4-15-11-23-8-7-18(15)25-20/h3-11,24,28H,2,22H2,1H3,(H,25,26,29)/b27-12+. The molecule has 3 aromatic heterocycles. The van der Waals surface area contributed by atoms with Crippen LogP contribution in [0.15, 0.2) is 72.4 Å². The van der Waals surface area contributed by atoms with Crippen LogP contribution in [0, 0.1) is 0 Å². The van der Waals surface area contributed by atoms with E-state index in [1.165, 1.54) is 0 Å². The number of nitrogens with one attached hydrogen (secondary N) is 3. The molecule has 4 aromatic rings. The van der Waals surface area contributed by atoms with Gasteiger partial charge >= 0.3 is 0 Å². The highest BCUT2D eigenvalue weighted by molar-refractivity contribution is 6.07. The van der Waals surface area contributed by atoms with Gasteiger partial charge in [0, 0.05) is 28.7 Å². The summed E-state index contributed by atoms with van der Waals surface area (Å²) in [5.74, 6) is 0.476. The fourth-order valence-corrected chi connectivity index (χ4v) is 2.92. The molecular weight excluding hydrogens is 366 g/mol. The number of fused-ring (bicyclic) bond motifs is 2. The number of pyridine rings is 2. The van der Waals surface area contributed by atoms with E-state index in [2.05, 4.69) is 37.4 Å². The van der Waals surface area contributed by atoms with Gasteiger partial charge < -0.3 is 16.0 Å². The second kappa shape index (κ2) is 7.43. The first-order chi connectivity index (χ1) is 14.0. The molecular formula is C21H19N7O. The van der Waals surface area contributed by atoms with Crippen molar-refractivity contribution in [1.82, 2.24) is 20.4 Å². The first-order valence-corrected chi connectivity index (χ1v) is 8.89. The number of nitrogens with two attached hydrogens (primary N) is 1. The van der Waals surface area contributed by atoms with Crippen molar-refractivity contribution in [2.75, 3.05) is 5.32 Å².